The van der Waals surface area contributed by atoms with Crippen LogP contribution < -0.4 is 5.32 Å². The first-order valence-corrected chi connectivity index (χ1v) is 8.15. The Bertz CT molecular complexity index is 586. The van der Waals surface area contributed by atoms with E-state index in [0.717, 1.165) is 25.8 Å². The van der Waals surface area contributed by atoms with Crippen LogP contribution in [0, 0.1) is 10.1 Å². The normalized spacial score (nSPS) is 22.4. The lowest BCUT2D eigenvalue weighted by atomic mass is 10.0. The number of anilines is 1. The highest BCUT2D eigenvalue weighted by Gasteiger charge is 2.34. The zero-order chi connectivity index (χ0) is 16.9. The van der Waals surface area contributed by atoms with E-state index in [-0.39, 0.29) is 30.5 Å². The smallest absolute Gasteiger partial charge is 0.269 e. The molecule has 0 bridgehead atoms. The largest absolute Gasteiger partial charge is 0.349 e. The van der Waals surface area contributed by atoms with Crippen molar-refractivity contribution < 1.29 is 19.2 Å². The molecule has 2 aliphatic rings. The summed E-state index contributed by atoms with van der Waals surface area (Å²) in [6, 6.07) is 5.92. The second-order valence-electron chi connectivity index (χ2n) is 6.00. The van der Waals surface area contributed by atoms with E-state index >= 15 is 0 Å². The van der Waals surface area contributed by atoms with Gasteiger partial charge in [0.2, 0.25) is 5.91 Å². The fourth-order valence-corrected chi connectivity index (χ4v) is 3.17. The molecule has 1 aromatic carbocycles. The van der Waals surface area contributed by atoms with Crippen LogP contribution in [-0.2, 0) is 14.3 Å². The van der Waals surface area contributed by atoms with Gasteiger partial charge >= 0.3 is 0 Å². The Balaban J connectivity index is 1.57. The van der Waals surface area contributed by atoms with Gasteiger partial charge in [-0.1, -0.05) is 6.42 Å². The molecule has 1 aromatic rings. The summed E-state index contributed by atoms with van der Waals surface area (Å²) in [5.74, 6) is -0.145. The van der Waals surface area contributed by atoms with E-state index < -0.39 is 4.92 Å². The minimum atomic E-state index is -0.467. The second kappa shape index (κ2) is 7.69. The zero-order valence-corrected chi connectivity index (χ0v) is 13.3. The van der Waals surface area contributed by atoms with Crippen LogP contribution in [0.3, 0.4) is 0 Å². The van der Waals surface area contributed by atoms with Gasteiger partial charge < -0.3 is 14.8 Å². The molecule has 8 heteroatoms. The van der Waals surface area contributed by atoms with Crippen molar-refractivity contribution in [2.24, 2.45) is 0 Å². The maximum Gasteiger partial charge on any atom is 0.269 e. The van der Waals surface area contributed by atoms with Crippen LogP contribution in [0.1, 0.15) is 19.3 Å². The monoisotopic (exact) mass is 335 g/mol. The van der Waals surface area contributed by atoms with Crippen LogP contribution in [0.4, 0.5) is 11.4 Å². The Morgan fingerprint density at radius 3 is 2.62 bits per heavy atom. The number of nitro groups is 1. The van der Waals surface area contributed by atoms with Crippen molar-refractivity contribution in [1.82, 2.24) is 4.90 Å². The molecule has 3 rings (SSSR count). The summed E-state index contributed by atoms with van der Waals surface area (Å²) in [6.45, 7) is 2.29. The molecule has 0 unspecified atom stereocenters. The minimum Gasteiger partial charge on any atom is -0.349 e. The van der Waals surface area contributed by atoms with Gasteiger partial charge in [0.15, 0.2) is 6.29 Å². The lowest BCUT2D eigenvalue weighted by Crippen LogP contribution is -2.50. The van der Waals surface area contributed by atoms with Gasteiger partial charge in [0, 0.05) is 17.8 Å². The molecule has 0 aromatic heterocycles. The molecule has 2 aliphatic heterocycles. The molecule has 2 saturated heterocycles. The fourth-order valence-electron chi connectivity index (χ4n) is 3.17. The third kappa shape index (κ3) is 4.08. The maximum atomic E-state index is 12.3. The van der Waals surface area contributed by atoms with E-state index in [1.165, 1.54) is 24.3 Å². The van der Waals surface area contributed by atoms with E-state index in [0.29, 0.717) is 18.9 Å². The van der Waals surface area contributed by atoms with Crippen LogP contribution in [0.25, 0.3) is 0 Å². The summed E-state index contributed by atoms with van der Waals surface area (Å²) in [5.41, 5.74) is 0.548. The quantitative estimate of drug-likeness (QED) is 0.651. The number of non-ortho nitro benzene ring substituents is 1. The van der Waals surface area contributed by atoms with Crippen molar-refractivity contribution in [3.05, 3.63) is 34.4 Å². The van der Waals surface area contributed by atoms with Crippen molar-refractivity contribution in [1.29, 1.82) is 0 Å². The molecule has 1 N–H and O–H groups in total. The molecule has 130 valence electrons. The van der Waals surface area contributed by atoms with E-state index in [1.807, 2.05) is 0 Å². The van der Waals surface area contributed by atoms with E-state index in [2.05, 4.69) is 10.2 Å². The third-order valence-electron chi connectivity index (χ3n) is 4.33. The highest BCUT2D eigenvalue weighted by molar-refractivity contribution is 5.92. The van der Waals surface area contributed by atoms with Gasteiger partial charge in [-0.3, -0.25) is 19.8 Å². The Kier molecular flexibility index (Phi) is 5.39. The molecule has 0 radical (unpaired) electrons. The second-order valence-corrected chi connectivity index (χ2v) is 6.00. The minimum absolute atomic E-state index is 0.000348. The Labute approximate surface area is 139 Å². The van der Waals surface area contributed by atoms with Crippen LogP contribution in [0.15, 0.2) is 24.3 Å². The van der Waals surface area contributed by atoms with Crippen LogP contribution >= 0.6 is 0 Å². The average molecular weight is 335 g/mol. The molecule has 0 saturated carbocycles. The van der Waals surface area contributed by atoms with Crippen molar-refractivity contribution >= 4 is 17.3 Å². The van der Waals surface area contributed by atoms with Gasteiger partial charge in [0.05, 0.1) is 30.7 Å². The molecule has 24 heavy (non-hydrogen) atoms. The summed E-state index contributed by atoms with van der Waals surface area (Å²) < 4.78 is 11.2. The van der Waals surface area contributed by atoms with Crippen molar-refractivity contribution in [3.8, 4) is 0 Å². The van der Waals surface area contributed by atoms with Crippen LogP contribution in [0.5, 0.6) is 0 Å². The highest BCUT2D eigenvalue weighted by atomic mass is 16.7. The first-order valence-electron chi connectivity index (χ1n) is 8.15. The standard InChI is InChI=1S/C16H21N3O5/c20-15(17-12-4-6-13(7-5-12)19(21)22)11-18-8-2-1-3-14(18)16-23-9-10-24-16/h4-7,14,16H,1-3,8-11H2,(H,17,20)/t14-/m0/s1. The number of hydrogen-bond acceptors (Lipinski definition) is 6. The van der Waals surface area contributed by atoms with E-state index in [4.69, 9.17) is 9.47 Å². The lowest BCUT2D eigenvalue weighted by Gasteiger charge is -2.37. The molecule has 2 heterocycles. The van der Waals surface area contributed by atoms with Gasteiger partial charge in [0.25, 0.3) is 5.69 Å². The predicted molar refractivity (Wildman–Crippen MR) is 86.6 cm³/mol. The maximum absolute atomic E-state index is 12.3. The molecule has 2 fully saturated rings. The third-order valence-corrected chi connectivity index (χ3v) is 4.33. The number of ether oxygens (including phenoxy) is 2. The molecule has 1 amide bonds. The fraction of sp³-hybridized carbons (Fsp3) is 0.562. The zero-order valence-electron chi connectivity index (χ0n) is 13.3. The first kappa shape index (κ1) is 16.8. The number of carbonyl (C=O) groups is 1. The first-order chi connectivity index (χ1) is 11.6. The number of hydrogen-bond donors (Lipinski definition) is 1. The Morgan fingerprint density at radius 2 is 1.96 bits per heavy atom. The van der Waals surface area contributed by atoms with E-state index in [9.17, 15) is 14.9 Å². The lowest BCUT2D eigenvalue weighted by molar-refractivity contribution is -0.384. The number of nitro benzene ring substituents is 1. The summed E-state index contributed by atoms with van der Waals surface area (Å²) in [5, 5.41) is 13.4. The summed E-state index contributed by atoms with van der Waals surface area (Å²) in [6.07, 6.45) is 2.86. The van der Waals surface area contributed by atoms with Gasteiger partial charge in [-0.15, -0.1) is 0 Å². The van der Waals surface area contributed by atoms with Gasteiger partial charge in [0.1, 0.15) is 0 Å². The highest BCUT2D eigenvalue weighted by Crippen LogP contribution is 2.24. The summed E-state index contributed by atoms with van der Waals surface area (Å²) in [4.78, 5) is 24.6. The number of benzene rings is 1. The predicted octanol–water partition coefficient (Wildman–Crippen LogP) is 1.76. The number of nitrogens with one attached hydrogen (secondary N) is 1. The van der Waals surface area contributed by atoms with E-state index in [1.54, 1.807) is 0 Å². The SMILES string of the molecule is O=C(CN1CCCC[C@H]1C1OCCO1)Nc1ccc([N+](=O)[O-])cc1. The Hall–Kier alpha value is -2.03. The number of rotatable bonds is 5. The molecule has 8 nitrogen and oxygen atoms in total. The van der Waals surface area contributed by atoms with Crippen LogP contribution in [0.2, 0.25) is 0 Å². The number of amides is 1. The number of piperidine rings is 1. The number of nitrogens with zero attached hydrogens (tertiary/aromatic N) is 2. The average Bonchev–Trinajstić information content (AvgIpc) is 3.10. The number of carbonyl (C=O) groups excluding carboxylic acids is 1. The van der Waals surface area contributed by atoms with Gasteiger partial charge in [-0.05, 0) is 31.5 Å². The summed E-state index contributed by atoms with van der Waals surface area (Å²) in [7, 11) is 0. The molecule has 0 aliphatic carbocycles. The summed E-state index contributed by atoms with van der Waals surface area (Å²) >= 11 is 0. The van der Waals surface area contributed by atoms with Crippen LogP contribution in [-0.4, -0.2) is 54.4 Å². The molecular weight excluding hydrogens is 314 g/mol. The van der Waals surface area contributed by atoms with Crippen molar-refractivity contribution in [2.75, 3.05) is 31.6 Å². The molecule has 1 atom stereocenters. The Morgan fingerprint density at radius 1 is 1.25 bits per heavy atom. The molecule has 0 spiro atoms. The van der Waals surface area contributed by atoms with Gasteiger partial charge in [-0.25, -0.2) is 0 Å². The van der Waals surface area contributed by atoms with Crippen molar-refractivity contribution in [2.45, 2.75) is 31.6 Å². The molecular formula is C16H21N3O5. The van der Waals surface area contributed by atoms with Gasteiger partial charge in [-0.2, -0.15) is 0 Å². The number of likely N-dealkylation sites (tertiary alicyclic amines) is 1. The van der Waals surface area contributed by atoms with Crippen molar-refractivity contribution in [3.63, 3.8) is 0 Å². The topological polar surface area (TPSA) is 93.9 Å².